The maximum atomic E-state index is 6.56. The molecule has 0 amide bonds. The summed E-state index contributed by atoms with van der Waals surface area (Å²) in [7, 11) is -9.64. The molecule has 11 heteroatoms. The summed E-state index contributed by atoms with van der Waals surface area (Å²) in [5.74, 6) is 0. The summed E-state index contributed by atoms with van der Waals surface area (Å²) in [6.07, 6.45) is 1.27. The van der Waals surface area contributed by atoms with Gasteiger partial charge in [-0.15, -0.1) is 0 Å². The van der Waals surface area contributed by atoms with Gasteiger partial charge in [0.05, 0.1) is 13.2 Å². The van der Waals surface area contributed by atoms with Gasteiger partial charge in [0.2, 0.25) is 0 Å². The third-order valence-corrected chi connectivity index (χ3v) is 20.3. The molecule has 1 rings (SSSR count). The van der Waals surface area contributed by atoms with Gasteiger partial charge < -0.3 is 25.9 Å². The lowest BCUT2D eigenvalue weighted by Crippen LogP contribution is -2.54. The molecular formula is C22H66O6Si5. The van der Waals surface area contributed by atoms with E-state index in [2.05, 4.69) is 65.5 Å². The van der Waals surface area contributed by atoms with E-state index in [9.17, 15) is 0 Å². The first-order valence-electron chi connectivity index (χ1n) is 10.0. The zero-order valence-electron chi connectivity index (χ0n) is 19.1. The smallest absolute Gasteiger partial charge is 0.315 e. The molecule has 1 saturated heterocycles. The predicted molar refractivity (Wildman–Crippen MR) is 164 cm³/mol. The Bertz CT molecular complexity index is 454. The van der Waals surface area contributed by atoms with E-state index in [1.807, 2.05) is 0 Å². The molecule has 210 valence electrons. The molecule has 6 nitrogen and oxygen atoms in total. The number of ether oxygens (including phenoxy) is 2. The predicted octanol–water partition coefficient (Wildman–Crippen LogP) is 7.97. The van der Waals surface area contributed by atoms with Crippen LogP contribution in [-0.4, -0.2) is 69.0 Å². The van der Waals surface area contributed by atoms with Crippen LogP contribution in [0.15, 0.2) is 0 Å². The Kier molecular flexibility index (Phi) is 27.1. The molecule has 1 fully saturated rings. The summed E-state index contributed by atoms with van der Waals surface area (Å²) in [5, 5.41) is 0. The summed E-state index contributed by atoms with van der Waals surface area (Å²) >= 11 is 0. The molecule has 3 atom stereocenters. The standard InChI is InChI=1S/C16H42O6Si5.6CH4/c1-23(19-26(8,9)21-24(2,3)4)20-27(10,22-25(5,6)7)13-11-12-17-14-16-15-18-16;;;;;;/h16,23H,11-15H2,1-10H3;6*1H4. The van der Waals surface area contributed by atoms with E-state index in [1.54, 1.807) is 0 Å². The van der Waals surface area contributed by atoms with E-state index in [0.29, 0.717) is 12.7 Å². The Morgan fingerprint density at radius 3 is 1.61 bits per heavy atom. The van der Waals surface area contributed by atoms with Crippen LogP contribution in [0, 0.1) is 0 Å². The van der Waals surface area contributed by atoms with Gasteiger partial charge in [-0.25, -0.2) is 0 Å². The Morgan fingerprint density at radius 2 is 1.21 bits per heavy atom. The van der Waals surface area contributed by atoms with Crippen LogP contribution in [0.5, 0.6) is 0 Å². The van der Waals surface area contributed by atoms with Crippen molar-refractivity contribution in [2.75, 3.05) is 19.8 Å². The highest BCUT2D eigenvalue weighted by atomic mass is 28.5. The normalized spacial score (nSPS) is 17.8. The monoisotopic (exact) mass is 566 g/mol. The van der Waals surface area contributed by atoms with Crippen molar-refractivity contribution in [3.63, 3.8) is 0 Å². The van der Waals surface area contributed by atoms with Crippen LogP contribution in [-0.2, 0) is 25.9 Å². The van der Waals surface area contributed by atoms with Crippen molar-refractivity contribution < 1.29 is 25.9 Å². The lowest BCUT2D eigenvalue weighted by atomic mass is 10.5. The molecule has 3 unspecified atom stereocenters. The van der Waals surface area contributed by atoms with Gasteiger partial charge in [0, 0.05) is 6.61 Å². The number of rotatable bonds is 14. The van der Waals surface area contributed by atoms with Gasteiger partial charge >= 0.3 is 26.4 Å². The Hall–Kier alpha value is 0.844. The molecule has 0 radical (unpaired) electrons. The molecule has 1 heterocycles. The quantitative estimate of drug-likeness (QED) is 0.121. The topological polar surface area (TPSA) is 58.7 Å². The van der Waals surface area contributed by atoms with Crippen molar-refractivity contribution in [3.05, 3.63) is 0 Å². The van der Waals surface area contributed by atoms with Crippen molar-refractivity contribution in [2.45, 2.75) is 129 Å². The second-order valence-electron chi connectivity index (χ2n) is 9.90. The maximum Gasteiger partial charge on any atom is 0.315 e. The molecular weight excluding hydrogens is 501 g/mol. The van der Waals surface area contributed by atoms with E-state index >= 15 is 0 Å². The van der Waals surface area contributed by atoms with E-state index in [1.165, 1.54) is 0 Å². The molecule has 0 aromatic carbocycles. The first-order chi connectivity index (χ1) is 12.1. The average Bonchev–Trinajstić information content (AvgIpc) is 3.15. The SMILES string of the molecule is C.C.C.C.C.C.C[SiH](O[Si](C)(C)O[Si](C)(C)C)O[Si](C)(CCCOCC1CO1)O[Si](C)(C)C. The third kappa shape index (κ3) is 25.7. The van der Waals surface area contributed by atoms with Crippen molar-refractivity contribution >= 4 is 43.0 Å². The molecule has 0 aliphatic carbocycles. The first kappa shape index (κ1) is 47.1. The van der Waals surface area contributed by atoms with Crippen LogP contribution in [0.4, 0.5) is 0 Å². The fourth-order valence-electron chi connectivity index (χ4n) is 3.19. The summed E-state index contributed by atoms with van der Waals surface area (Å²) in [5.41, 5.74) is 0. The van der Waals surface area contributed by atoms with Crippen LogP contribution >= 0.6 is 0 Å². The van der Waals surface area contributed by atoms with Gasteiger partial charge in [0.25, 0.3) is 0 Å². The second-order valence-corrected chi connectivity index (χ2v) is 28.6. The second kappa shape index (κ2) is 19.0. The molecule has 1 aliphatic heterocycles. The van der Waals surface area contributed by atoms with Crippen LogP contribution in [0.25, 0.3) is 0 Å². The summed E-state index contributed by atoms with van der Waals surface area (Å²) in [4.78, 5) is 0. The molecule has 33 heavy (non-hydrogen) atoms. The Balaban J connectivity index is -0.000000304. The largest absolute Gasteiger partial charge is 0.437 e. The highest BCUT2D eigenvalue weighted by Crippen LogP contribution is 2.24. The minimum atomic E-state index is -2.30. The maximum absolute atomic E-state index is 6.56. The van der Waals surface area contributed by atoms with E-state index < -0.39 is 43.0 Å². The van der Waals surface area contributed by atoms with E-state index in [0.717, 1.165) is 25.7 Å². The Labute approximate surface area is 217 Å². The summed E-state index contributed by atoms with van der Waals surface area (Å²) < 4.78 is 36.7. The highest BCUT2D eigenvalue weighted by molar-refractivity contribution is 6.86. The summed E-state index contributed by atoms with van der Waals surface area (Å²) in [6, 6.07) is 0.931. The van der Waals surface area contributed by atoms with Crippen LogP contribution < -0.4 is 0 Å². The lowest BCUT2D eigenvalue weighted by molar-refractivity contribution is 0.116. The summed E-state index contributed by atoms with van der Waals surface area (Å²) in [6.45, 7) is 24.1. The number of hydrogen-bond donors (Lipinski definition) is 0. The first-order valence-corrected chi connectivity index (χ1v) is 24.3. The average molecular weight is 567 g/mol. The molecule has 0 saturated carbocycles. The van der Waals surface area contributed by atoms with Gasteiger partial charge in [0.1, 0.15) is 6.10 Å². The van der Waals surface area contributed by atoms with Gasteiger partial charge in [0.15, 0.2) is 16.6 Å². The van der Waals surface area contributed by atoms with Crippen LogP contribution in [0.2, 0.25) is 71.5 Å². The zero-order chi connectivity index (χ0) is 20.9. The molecule has 0 spiro atoms. The van der Waals surface area contributed by atoms with Gasteiger partial charge in [-0.1, -0.05) is 44.6 Å². The van der Waals surface area contributed by atoms with Crippen molar-refractivity contribution in [1.82, 2.24) is 0 Å². The van der Waals surface area contributed by atoms with Crippen LogP contribution in [0.1, 0.15) is 51.0 Å². The number of epoxide rings is 1. The molecule has 0 bridgehead atoms. The third-order valence-electron chi connectivity index (χ3n) is 3.56. The number of hydrogen-bond acceptors (Lipinski definition) is 6. The van der Waals surface area contributed by atoms with Crippen LogP contribution in [0.3, 0.4) is 0 Å². The van der Waals surface area contributed by atoms with Gasteiger partial charge in [-0.05, 0) is 77.9 Å². The molecule has 0 aromatic heterocycles. The van der Waals surface area contributed by atoms with Crippen molar-refractivity contribution in [3.8, 4) is 0 Å². The van der Waals surface area contributed by atoms with Gasteiger partial charge in [-0.3, -0.25) is 0 Å². The van der Waals surface area contributed by atoms with E-state index in [-0.39, 0.29) is 44.6 Å². The fraction of sp³-hybridized carbons (Fsp3) is 1.00. The highest BCUT2D eigenvalue weighted by Gasteiger charge is 2.40. The molecule has 1 aliphatic rings. The minimum Gasteiger partial charge on any atom is -0.437 e. The fourth-order valence-corrected chi connectivity index (χ4v) is 23.8. The minimum absolute atomic E-state index is 0. The molecule has 0 aromatic rings. The van der Waals surface area contributed by atoms with Crippen molar-refractivity contribution in [2.24, 2.45) is 0 Å². The lowest BCUT2D eigenvalue weighted by Gasteiger charge is -2.38. The van der Waals surface area contributed by atoms with E-state index in [4.69, 9.17) is 25.9 Å². The Morgan fingerprint density at radius 1 is 0.758 bits per heavy atom. The van der Waals surface area contributed by atoms with Gasteiger partial charge in [-0.2, -0.15) is 0 Å². The van der Waals surface area contributed by atoms with Crippen molar-refractivity contribution in [1.29, 1.82) is 0 Å². The molecule has 0 N–H and O–H groups in total. The zero-order valence-corrected chi connectivity index (χ0v) is 24.3.